The number of aromatic nitrogens is 2. The van der Waals surface area contributed by atoms with Crippen molar-refractivity contribution in [1.82, 2.24) is 19.6 Å². The maximum atomic E-state index is 12.2. The monoisotopic (exact) mass is 381 g/mol. The van der Waals surface area contributed by atoms with Gasteiger partial charge in [-0.1, -0.05) is 30.3 Å². The molecule has 0 saturated carbocycles. The standard InChI is InChI=1S/C20H23N5OS/c1-2-25-15-17(13-21-25)14-23-8-10-24(11-9-23)20-22-19(26)18(27-20)12-16-6-4-3-5-7-16/h3-7,12-13,15H,2,8-11,14H2,1H3/b18-12-. The SMILES string of the molecule is CCn1cc(CN2CCN(C3=NC(=O)/C(=C/c4ccccc4)S3)CC2)cn1. The Morgan fingerprint density at radius 3 is 2.63 bits per heavy atom. The lowest BCUT2D eigenvalue weighted by atomic mass is 10.2. The van der Waals surface area contributed by atoms with Crippen molar-refractivity contribution in [2.24, 2.45) is 4.99 Å². The van der Waals surface area contributed by atoms with Crippen molar-refractivity contribution in [2.75, 3.05) is 26.2 Å². The van der Waals surface area contributed by atoms with Crippen molar-refractivity contribution in [2.45, 2.75) is 20.0 Å². The second kappa shape index (κ2) is 8.10. The predicted molar refractivity (Wildman–Crippen MR) is 109 cm³/mol. The summed E-state index contributed by atoms with van der Waals surface area (Å²) in [7, 11) is 0. The number of hydrogen-bond donors (Lipinski definition) is 0. The highest BCUT2D eigenvalue weighted by Crippen LogP contribution is 2.30. The van der Waals surface area contributed by atoms with Crippen molar-refractivity contribution >= 4 is 28.9 Å². The number of nitrogens with zero attached hydrogens (tertiary/aromatic N) is 5. The number of carbonyl (C=O) groups is 1. The van der Waals surface area contributed by atoms with Crippen molar-refractivity contribution in [3.63, 3.8) is 0 Å². The molecule has 0 bridgehead atoms. The van der Waals surface area contributed by atoms with Crippen LogP contribution < -0.4 is 0 Å². The first-order valence-corrected chi connectivity index (χ1v) is 10.1. The Bertz CT molecular complexity index is 866. The molecule has 6 nitrogen and oxygen atoms in total. The number of rotatable bonds is 4. The maximum Gasteiger partial charge on any atom is 0.286 e. The smallest absolute Gasteiger partial charge is 0.286 e. The van der Waals surface area contributed by atoms with Crippen LogP contribution in [0.3, 0.4) is 0 Å². The molecule has 3 heterocycles. The third-order valence-electron chi connectivity index (χ3n) is 4.77. The number of amidine groups is 1. The van der Waals surface area contributed by atoms with Gasteiger partial charge in [-0.25, -0.2) is 0 Å². The van der Waals surface area contributed by atoms with Crippen LogP contribution in [-0.2, 0) is 17.9 Å². The van der Waals surface area contributed by atoms with Crippen LogP contribution in [0, 0.1) is 0 Å². The molecule has 1 amide bonds. The highest BCUT2D eigenvalue weighted by Gasteiger charge is 2.28. The minimum absolute atomic E-state index is 0.131. The van der Waals surface area contributed by atoms with Gasteiger partial charge in [0.15, 0.2) is 5.17 Å². The number of aryl methyl sites for hydroxylation is 1. The van der Waals surface area contributed by atoms with E-state index in [0.29, 0.717) is 4.91 Å². The fourth-order valence-corrected chi connectivity index (χ4v) is 4.22. The summed E-state index contributed by atoms with van der Waals surface area (Å²) in [6.07, 6.45) is 5.99. The molecule has 0 atom stereocenters. The Labute approximate surface area is 163 Å². The molecule has 0 spiro atoms. The molecule has 0 radical (unpaired) electrons. The third-order valence-corrected chi connectivity index (χ3v) is 5.81. The molecule has 2 aliphatic rings. The van der Waals surface area contributed by atoms with E-state index < -0.39 is 0 Å². The van der Waals surface area contributed by atoms with Gasteiger partial charge in [0, 0.05) is 51.0 Å². The first kappa shape index (κ1) is 18.0. The number of carbonyl (C=O) groups excluding carboxylic acids is 1. The summed E-state index contributed by atoms with van der Waals surface area (Å²) < 4.78 is 1.96. The molecule has 0 unspecified atom stereocenters. The molecule has 1 aromatic heterocycles. The van der Waals surface area contributed by atoms with Crippen LogP contribution in [-0.4, -0.2) is 56.8 Å². The number of thioether (sulfide) groups is 1. The number of piperazine rings is 1. The summed E-state index contributed by atoms with van der Waals surface area (Å²) in [5, 5.41) is 5.18. The Morgan fingerprint density at radius 1 is 1.15 bits per heavy atom. The topological polar surface area (TPSA) is 53.7 Å². The highest BCUT2D eigenvalue weighted by atomic mass is 32.2. The molecule has 2 aromatic rings. The van der Waals surface area contributed by atoms with E-state index in [1.165, 1.54) is 17.3 Å². The van der Waals surface area contributed by atoms with Gasteiger partial charge in [0.1, 0.15) is 0 Å². The van der Waals surface area contributed by atoms with Crippen molar-refractivity contribution in [3.8, 4) is 0 Å². The van der Waals surface area contributed by atoms with Crippen molar-refractivity contribution < 1.29 is 4.79 Å². The van der Waals surface area contributed by atoms with E-state index in [0.717, 1.165) is 50.0 Å². The van der Waals surface area contributed by atoms with Crippen LogP contribution in [0.5, 0.6) is 0 Å². The van der Waals surface area contributed by atoms with Crippen LogP contribution >= 0.6 is 11.8 Å². The minimum Gasteiger partial charge on any atom is -0.348 e. The van der Waals surface area contributed by atoms with E-state index >= 15 is 0 Å². The molecule has 1 saturated heterocycles. The Balaban J connectivity index is 1.33. The summed E-state index contributed by atoms with van der Waals surface area (Å²) in [5.74, 6) is -0.131. The quantitative estimate of drug-likeness (QED) is 0.762. The predicted octanol–water partition coefficient (Wildman–Crippen LogP) is 2.69. The van der Waals surface area contributed by atoms with E-state index in [1.54, 1.807) is 0 Å². The van der Waals surface area contributed by atoms with Gasteiger partial charge in [-0.15, -0.1) is 0 Å². The molecule has 1 fully saturated rings. The second-order valence-corrected chi connectivity index (χ2v) is 7.70. The minimum atomic E-state index is -0.131. The molecule has 0 N–H and O–H groups in total. The summed E-state index contributed by atoms with van der Waals surface area (Å²) in [5.41, 5.74) is 2.28. The van der Waals surface area contributed by atoms with Crippen molar-refractivity contribution in [3.05, 3.63) is 58.8 Å². The average Bonchev–Trinajstić information content (AvgIpc) is 3.30. The summed E-state index contributed by atoms with van der Waals surface area (Å²) in [6.45, 7) is 7.62. The lowest BCUT2D eigenvalue weighted by Gasteiger charge is -2.35. The van der Waals surface area contributed by atoms with Crippen LogP contribution in [0.1, 0.15) is 18.1 Å². The molecule has 1 aromatic carbocycles. The molecule has 4 rings (SSSR count). The van der Waals surface area contributed by atoms with Gasteiger partial charge in [0.25, 0.3) is 5.91 Å². The molecular formula is C20H23N5OS. The third kappa shape index (κ3) is 4.31. The fraction of sp³-hybridized carbons (Fsp3) is 0.350. The number of aliphatic imine (C=N–C) groups is 1. The molecular weight excluding hydrogens is 358 g/mol. The van der Waals surface area contributed by atoms with E-state index in [9.17, 15) is 4.79 Å². The molecule has 2 aliphatic heterocycles. The average molecular weight is 382 g/mol. The highest BCUT2D eigenvalue weighted by molar-refractivity contribution is 8.18. The maximum absolute atomic E-state index is 12.2. The fourth-order valence-electron chi connectivity index (χ4n) is 3.25. The van der Waals surface area contributed by atoms with Gasteiger partial charge in [-0.2, -0.15) is 10.1 Å². The largest absolute Gasteiger partial charge is 0.348 e. The molecule has 140 valence electrons. The molecule has 27 heavy (non-hydrogen) atoms. The zero-order valence-corrected chi connectivity index (χ0v) is 16.2. The first-order chi connectivity index (χ1) is 13.2. The molecule has 7 heteroatoms. The van der Waals surface area contributed by atoms with E-state index in [-0.39, 0.29) is 5.91 Å². The van der Waals surface area contributed by atoms with E-state index in [4.69, 9.17) is 0 Å². The number of benzene rings is 1. The van der Waals surface area contributed by atoms with Gasteiger partial charge in [0.05, 0.1) is 11.1 Å². The van der Waals surface area contributed by atoms with Crippen molar-refractivity contribution in [1.29, 1.82) is 0 Å². The van der Waals surface area contributed by atoms with Crippen LogP contribution in [0.4, 0.5) is 0 Å². The lowest BCUT2D eigenvalue weighted by Crippen LogP contribution is -2.47. The Morgan fingerprint density at radius 2 is 1.93 bits per heavy atom. The van der Waals surface area contributed by atoms with Crippen LogP contribution in [0.15, 0.2) is 52.6 Å². The zero-order valence-electron chi connectivity index (χ0n) is 15.4. The van der Waals surface area contributed by atoms with Gasteiger partial charge in [-0.05, 0) is 30.3 Å². The summed E-state index contributed by atoms with van der Waals surface area (Å²) >= 11 is 1.49. The second-order valence-electron chi connectivity index (χ2n) is 6.69. The van der Waals surface area contributed by atoms with Crippen LogP contribution in [0.2, 0.25) is 0 Å². The number of amides is 1. The van der Waals surface area contributed by atoms with Gasteiger partial charge in [-0.3, -0.25) is 14.4 Å². The Kier molecular flexibility index (Phi) is 5.40. The number of hydrogen-bond acceptors (Lipinski definition) is 5. The van der Waals surface area contributed by atoms with E-state index in [2.05, 4.69) is 33.0 Å². The van der Waals surface area contributed by atoms with Crippen LogP contribution in [0.25, 0.3) is 6.08 Å². The van der Waals surface area contributed by atoms with Gasteiger partial charge < -0.3 is 4.90 Å². The van der Waals surface area contributed by atoms with E-state index in [1.807, 2.05) is 47.3 Å². The zero-order chi connectivity index (χ0) is 18.6. The first-order valence-electron chi connectivity index (χ1n) is 9.27. The lowest BCUT2D eigenvalue weighted by molar-refractivity contribution is -0.113. The summed E-state index contributed by atoms with van der Waals surface area (Å²) in [4.78, 5) is 21.9. The Hall–Kier alpha value is -2.38. The molecule has 0 aliphatic carbocycles. The normalized spacial score (nSPS) is 19.7. The van der Waals surface area contributed by atoms with Gasteiger partial charge in [0.2, 0.25) is 0 Å². The van der Waals surface area contributed by atoms with Gasteiger partial charge >= 0.3 is 0 Å². The summed E-state index contributed by atoms with van der Waals surface area (Å²) in [6, 6.07) is 9.92.